The highest BCUT2D eigenvalue weighted by Gasteiger charge is 2.43. The second kappa shape index (κ2) is 7.84. The maximum atomic E-state index is 13.6. The van der Waals surface area contributed by atoms with Crippen LogP contribution in [0.5, 0.6) is 0 Å². The second-order valence-electron chi connectivity index (χ2n) is 7.96. The molecule has 5 heteroatoms. The van der Waals surface area contributed by atoms with Crippen molar-refractivity contribution in [2.75, 3.05) is 24.6 Å². The zero-order chi connectivity index (χ0) is 20.5. The molecule has 0 radical (unpaired) electrons. The molecule has 0 aromatic heterocycles. The lowest BCUT2D eigenvalue weighted by Gasteiger charge is -2.34. The molecule has 0 saturated carbocycles. The largest absolute Gasteiger partial charge is 0.396 e. The number of hydrogen-bond donors (Lipinski definition) is 1. The number of aryl methyl sites for hydroxylation is 2. The summed E-state index contributed by atoms with van der Waals surface area (Å²) < 4.78 is 0. The van der Waals surface area contributed by atoms with E-state index in [1.807, 2.05) is 67.3 Å². The van der Waals surface area contributed by atoms with Gasteiger partial charge in [-0.1, -0.05) is 48.0 Å². The standard InChI is InChI=1S/C24H26N2O3/c1-16-10-11-20(17(2)13-16)26-23(28)21(19-8-4-3-5-9-19)22(24(26)29)25-12-6-7-18(14-25)15-27/h3-5,8-11,13,18,27H,6-7,12,14-15H2,1-2H3. The molecular weight excluding hydrogens is 364 g/mol. The number of piperidine rings is 1. The summed E-state index contributed by atoms with van der Waals surface area (Å²) in [5, 5.41) is 9.64. The van der Waals surface area contributed by atoms with Gasteiger partial charge in [-0.3, -0.25) is 9.59 Å². The molecule has 2 aromatic rings. The molecule has 0 aliphatic carbocycles. The van der Waals surface area contributed by atoms with Crippen molar-refractivity contribution in [1.82, 2.24) is 4.90 Å². The lowest BCUT2D eigenvalue weighted by Crippen LogP contribution is -2.40. The lowest BCUT2D eigenvalue weighted by atomic mass is 9.97. The highest BCUT2D eigenvalue weighted by Crippen LogP contribution is 2.37. The Kier molecular flexibility index (Phi) is 5.24. The van der Waals surface area contributed by atoms with Crippen LogP contribution in [0.1, 0.15) is 29.5 Å². The molecule has 150 valence electrons. The third kappa shape index (κ3) is 3.47. The Morgan fingerprint density at radius 2 is 1.79 bits per heavy atom. The summed E-state index contributed by atoms with van der Waals surface area (Å²) in [7, 11) is 0. The number of carbonyl (C=O) groups excluding carboxylic acids is 2. The predicted molar refractivity (Wildman–Crippen MR) is 113 cm³/mol. The van der Waals surface area contributed by atoms with Gasteiger partial charge in [0.25, 0.3) is 11.8 Å². The van der Waals surface area contributed by atoms with Crippen molar-refractivity contribution < 1.29 is 14.7 Å². The third-order valence-electron chi connectivity index (χ3n) is 5.81. The highest BCUT2D eigenvalue weighted by atomic mass is 16.3. The molecule has 2 amide bonds. The first kappa shape index (κ1) is 19.4. The molecule has 1 fully saturated rings. The number of amides is 2. The van der Waals surface area contributed by atoms with Crippen molar-refractivity contribution in [3.05, 3.63) is 70.9 Å². The van der Waals surface area contributed by atoms with E-state index in [9.17, 15) is 14.7 Å². The third-order valence-corrected chi connectivity index (χ3v) is 5.81. The van der Waals surface area contributed by atoms with Crippen LogP contribution >= 0.6 is 0 Å². The van der Waals surface area contributed by atoms with E-state index in [0.29, 0.717) is 30.0 Å². The maximum Gasteiger partial charge on any atom is 0.282 e. The summed E-state index contributed by atoms with van der Waals surface area (Å²) in [5.74, 6) is -0.444. The Labute approximate surface area is 171 Å². The van der Waals surface area contributed by atoms with Gasteiger partial charge in [-0.15, -0.1) is 0 Å². The van der Waals surface area contributed by atoms with Crippen LogP contribution < -0.4 is 4.90 Å². The van der Waals surface area contributed by atoms with Gasteiger partial charge in [0, 0.05) is 19.7 Å². The number of aliphatic hydroxyl groups excluding tert-OH is 1. The smallest absolute Gasteiger partial charge is 0.282 e. The molecule has 2 aliphatic rings. The van der Waals surface area contributed by atoms with E-state index >= 15 is 0 Å². The van der Waals surface area contributed by atoms with Gasteiger partial charge >= 0.3 is 0 Å². The van der Waals surface area contributed by atoms with Crippen LogP contribution in [0, 0.1) is 19.8 Å². The number of anilines is 1. The topological polar surface area (TPSA) is 60.9 Å². The maximum absolute atomic E-state index is 13.6. The number of likely N-dealkylation sites (tertiary alicyclic amines) is 1. The number of benzene rings is 2. The van der Waals surface area contributed by atoms with E-state index in [-0.39, 0.29) is 24.3 Å². The number of rotatable bonds is 4. The summed E-state index contributed by atoms with van der Waals surface area (Å²) >= 11 is 0. The number of carbonyl (C=O) groups is 2. The van der Waals surface area contributed by atoms with Gasteiger partial charge < -0.3 is 10.0 Å². The van der Waals surface area contributed by atoms with Gasteiger partial charge in [0.1, 0.15) is 5.70 Å². The zero-order valence-electron chi connectivity index (χ0n) is 16.9. The Balaban J connectivity index is 1.82. The van der Waals surface area contributed by atoms with Crippen molar-refractivity contribution in [3.8, 4) is 0 Å². The van der Waals surface area contributed by atoms with E-state index < -0.39 is 0 Å². The van der Waals surface area contributed by atoms with E-state index in [1.54, 1.807) is 0 Å². The first-order valence-electron chi connectivity index (χ1n) is 10.1. The van der Waals surface area contributed by atoms with Crippen LogP contribution in [0.4, 0.5) is 5.69 Å². The minimum atomic E-state index is -0.283. The Morgan fingerprint density at radius 1 is 1.03 bits per heavy atom. The number of imide groups is 1. The van der Waals surface area contributed by atoms with Gasteiger partial charge in [0.05, 0.1) is 11.3 Å². The Hall–Kier alpha value is -2.92. The first-order valence-corrected chi connectivity index (χ1v) is 10.1. The minimum absolute atomic E-state index is 0.0906. The molecule has 0 spiro atoms. The van der Waals surface area contributed by atoms with Crippen LogP contribution in [0.25, 0.3) is 5.57 Å². The van der Waals surface area contributed by atoms with E-state index in [0.717, 1.165) is 29.5 Å². The van der Waals surface area contributed by atoms with Crippen molar-refractivity contribution in [2.45, 2.75) is 26.7 Å². The van der Waals surface area contributed by atoms with Crippen LogP contribution in [0.15, 0.2) is 54.2 Å². The van der Waals surface area contributed by atoms with Gasteiger partial charge in [0.2, 0.25) is 0 Å². The molecular formula is C24H26N2O3. The molecule has 1 unspecified atom stereocenters. The molecule has 2 aliphatic heterocycles. The van der Waals surface area contributed by atoms with E-state index in [1.165, 1.54) is 4.90 Å². The summed E-state index contributed by atoms with van der Waals surface area (Å²) in [4.78, 5) is 30.4. The van der Waals surface area contributed by atoms with Gasteiger partial charge in [-0.2, -0.15) is 0 Å². The van der Waals surface area contributed by atoms with Crippen molar-refractivity contribution in [3.63, 3.8) is 0 Å². The average Bonchev–Trinajstić information content (AvgIpc) is 2.99. The minimum Gasteiger partial charge on any atom is -0.396 e. The fourth-order valence-electron chi connectivity index (χ4n) is 4.37. The average molecular weight is 390 g/mol. The van der Waals surface area contributed by atoms with Crippen LogP contribution in [-0.2, 0) is 9.59 Å². The van der Waals surface area contributed by atoms with Crippen molar-refractivity contribution in [2.24, 2.45) is 5.92 Å². The summed E-state index contributed by atoms with van der Waals surface area (Å²) in [6, 6.07) is 15.2. The quantitative estimate of drug-likeness (QED) is 0.814. The van der Waals surface area contributed by atoms with Crippen molar-refractivity contribution in [1.29, 1.82) is 0 Å². The lowest BCUT2D eigenvalue weighted by molar-refractivity contribution is -0.120. The molecule has 4 rings (SSSR count). The normalized spacial score (nSPS) is 20.0. The summed E-state index contributed by atoms with van der Waals surface area (Å²) in [6.07, 6.45) is 1.83. The molecule has 2 aromatic carbocycles. The molecule has 2 heterocycles. The predicted octanol–water partition coefficient (Wildman–Crippen LogP) is 3.29. The van der Waals surface area contributed by atoms with Crippen LogP contribution in [0.3, 0.4) is 0 Å². The van der Waals surface area contributed by atoms with E-state index in [4.69, 9.17) is 0 Å². The van der Waals surface area contributed by atoms with Gasteiger partial charge in [-0.25, -0.2) is 4.90 Å². The fraction of sp³-hybridized carbons (Fsp3) is 0.333. The molecule has 1 saturated heterocycles. The second-order valence-corrected chi connectivity index (χ2v) is 7.96. The Morgan fingerprint density at radius 3 is 2.48 bits per heavy atom. The Bertz CT molecular complexity index is 981. The molecule has 5 nitrogen and oxygen atoms in total. The molecule has 29 heavy (non-hydrogen) atoms. The first-order chi connectivity index (χ1) is 14.0. The molecule has 1 atom stereocenters. The monoisotopic (exact) mass is 390 g/mol. The number of hydrogen-bond acceptors (Lipinski definition) is 4. The van der Waals surface area contributed by atoms with Gasteiger partial charge in [-0.05, 0) is 49.8 Å². The highest BCUT2D eigenvalue weighted by molar-refractivity contribution is 6.45. The van der Waals surface area contributed by atoms with Crippen LogP contribution in [0.2, 0.25) is 0 Å². The summed E-state index contributed by atoms with van der Waals surface area (Å²) in [5.41, 5.74) is 4.27. The summed E-state index contributed by atoms with van der Waals surface area (Å²) in [6.45, 7) is 5.30. The zero-order valence-corrected chi connectivity index (χ0v) is 16.9. The number of nitrogens with zero attached hydrogens (tertiary/aromatic N) is 2. The van der Waals surface area contributed by atoms with Gasteiger partial charge in [0.15, 0.2) is 0 Å². The molecule has 1 N–H and O–H groups in total. The fourth-order valence-corrected chi connectivity index (χ4v) is 4.37. The van der Waals surface area contributed by atoms with Crippen LogP contribution in [-0.4, -0.2) is 41.5 Å². The molecule has 0 bridgehead atoms. The van der Waals surface area contributed by atoms with Crippen molar-refractivity contribution >= 4 is 23.1 Å². The number of aliphatic hydroxyl groups is 1. The van der Waals surface area contributed by atoms with E-state index in [2.05, 4.69) is 0 Å². The SMILES string of the molecule is Cc1ccc(N2C(=O)C(c3ccccc3)=C(N3CCCC(CO)C3)C2=O)c(C)c1.